The summed E-state index contributed by atoms with van der Waals surface area (Å²) in [5, 5.41) is 3.30. The molecule has 2 fully saturated rings. The highest BCUT2D eigenvalue weighted by molar-refractivity contribution is 7.89. The molecule has 0 bridgehead atoms. The van der Waals surface area contributed by atoms with Crippen LogP contribution in [0.25, 0.3) is 0 Å². The van der Waals surface area contributed by atoms with Gasteiger partial charge in [0.1, 0.15) is 0 Å². The topological polar surface area (TPSA) is 49.4 Å². The lowest BCUT2D eigenvalue weighted by Crippen LogP contribution is -2.43. The standard InChI is InChI=1S/C14H28N2O2S/c1-12-5-7-14(8-6-12)16(2)19(17,18)11-13-4-3-9-15-10-13/h12-15H,3-11H2,1-2H3. The van der Waals surface area contributed by atoms with E-state index in [1.807, 2.05) is 0 Å². The van der Waals surface area contributed by atoms with Gasteiger partial charge in [-0.3, -0.25) is 0 Å². The summed E-state index contributed by atoms with van der Waals surface area (Å²) in [6.45, 7) is 4.15. The summed E-state index contributed by atoms with van der Waals surface area (Å²) in [5.74, 6) is 1.38. The minimum absolute atomic E-state index is 0.234. The Balaban J connectivity index is 1.90. The lowest BCUT2D eigenvalue weighted by atomic mass is 9.87. The first-order valence-corrected chi connectivity index (χ1v) is 9.26. The van der Waals surface area contributed by atoms with E-state index in [2.05, 4.69) is 12.2 Å². The highest BCUT2D eigenvalue weighted by Gasteiger charge is 2.31. The fourth-order valence-corrected chi connectivity index (χ4v) is 5.10. The maximum atomic E-state index is 12.5. The number of hydrogen-bond donors (Lipinski definition) is 1. The lowest BCUT2D eigenvalue weighted by Gasteiger charge is -2.34. The minimum atomic E-state index is -3.08. The van der Waals surface area contributed by atoms with Gasteiger partial charge in [0, 0.05) is 13.1 Å². The molecule has 2 aliphatic rings. The van der Waals surface area contributed by atoms with Crippen LogP contribution in [0.2, 0.25) is 0 Å². The molecule has 1 unspecified atom stereocenters. The van der Waals surface area contributed by atoms with Gasteiger partial charge in [-0.25, -0.2) is 12.7 Å². The van der Waals surface area contributed by atoms with Gasteiger partial charge >= 0.3 is 0 Å². The first-order valence-electron chi connectivity index (χ1n) is 7.65. The van der Waals surface area contributed by atoms with E-state index in [1.165, 1.54) is 0 Å². The van der Waals surface area contributed by atoms with Crippen LogP contribution in [0.5, 0.6) is 0 Å². The second-order valence-corrected chi connectivity index (χ2v) is 8.49. The van der Waals surface area contributed by atoms with Crippen molar-refractivity contribution >= 4 is 10.0 Å². The van der Waals surface area contributed by atoms with Crippen LogP contribution < -0.4 is 5.32 Å². The Kier molecular flexibility index (Phi) is 5.26. The Morgan fingerprint density at radius 2 is 1.84 bits per heavy atom. The van der Waals surface area contributed by atoms with E-state index < -0.39 is 10.0 Å². The van der Waals surface area contributed by atoms with Crippen molar-refractivity contribution < 1.29 is 8.42 Å². The van der Waals surface area contributed by atoms with E-state index in [4.69, 9.17) is 0 Å². The van der Waals surface area contributed by atoms with Gasteiger partial charge in [0.15, 0.2) is 0 Å². The van der Waals surface area contributed by atoms with Crippen LogP contribution >= 0.6 is 0 Å². The number of hydrogen-bond acceptors (Lipinski definition) is 3. The van der Waals surface area contributed by atoms with E-state index in [0.29, 0.717) is 11.7 Å². The van der Waals surface area contributed by atoms with E-state index in [0.717, 1.165) is 57.5 Å². The van der Waals surface area contributed by atoms with Crippen LogP contribution in [-0.4, -0.2) is 44.7 Å². The Morgan fingerprint density at radius 3 is 2.42 bits per heavy atom. The van der Waals surface area contributed by atoms with Crippen molar-refractivity contribution in [1.29, 1.82) is 0 Å². The normalized spacial score (nSPS) is 33.5. The van der Waals surface area contributed by atoms with Crippen molar-refractivity contribution in [3.8, 4) is 0 Å². The number of rotatable bonds is 4. The molecule has 0 radical (unpaired) electrons. The van der Waals surface area contributed by atoms with Gasteiger partial charge in [-0.15, -0.1) is 0 Å². The number of piperidine rings is 1. The molecule has 1 saturated carbocycles. The molecule has 1 saturated heterocycles. The van der Waals surface area contributed by atoms with Crippen LogP contribution in [0, 0.1) is 11.8 Å². The van der Waals surface area contributed by atoms with Crippen molar-refractivity contribution in [3.05, 3.63) is 0 Å². The minimum Gasteiger partial charge on any atom is -0.316 e. The average Bonchev–Trinajstić information content (AvgIpc) is 2.39. The van der Waals surface area contributed by atoms with E-state index in [1.54, 1.807) is 11.4 Å². The molecule has 112 valence electrons. The molecule has 1 atom stereocenters. The van der Waals surface area contributed by atoms with Crippen molar-refractivity contribution in [2.45, 2.75) is 51.5 Å². The molecule has 0 spiro atoms. The summed E-state index contributed by atoms with van der Waals surface area (Å²) < 4.78 is 26.6. The molecule has 2 rings (SSSR count). The summed E-state index contributed by atoms with van der Waals surface area (Å²) in [4.78, 5) is 0. The first-order chi connectivity index (χ1) is 8.99. The van der Waals surface area contributed by atoms with Gasteiger partial charge in [-0.05, 0) is 63.5 Å². The van der Waals surface area contributed by atoms with Crippen molar-refractivity contribution in [1.82, 2.24) is 9.62 Å². The molecule has 0 aromatic heterocycles. The van der Waals surface area contributed by atoms with E-state index in [-0.39, 0.29) is 6.04 Å². The fraction of sp³-hybridized carbons (Fsp3) is 1.00. The molecular formula is C14H28N2O2S. The second kappa shape index (κ2) is 6.55. The lowest BCUT2D eigenvalue weighted by molar-refractivity contribution is 0.244. The SMILES string of the molecule is CC1CCC(N(C)S(=O)(=O)CC2CCCNC2)CC1. The Bertz CT molecular complexity index is 369. The van der Waals surface area contributed by atoms with Gasteiger partial charge in [-0.1, -0.05) is 6.92 Å². The smallest absolute Gasteiger partial charge is 0.214 e. The maximum Gasteiger partial charge on any atom is 0.214 e. The third kappa shape index (κ3) is 4.17. The van der Waals surface area contributed by atoms with Crippen LogP contribution in [0.4, 0.5) is 0 Å². The average molecular weight is 288 g/mol. The molecule has 0 aromatic rings. The molecule has 1 N–H and O–H groups in total. The Labute approximate surface area is 118 Å². The van der Waals surface area contributed by atoms with Gasteiger partial charge in [-0.2, -0.15) is 0 Å². The monoisotopic (exact) mass is 288 g/mol. The summed E-state index contributed by atoms with van der Waals surface area (Å²) in [6, 6.07) is 0.234. The van der Waals surface area contributed by atoms with E-state index >= 15 is 0 Å². The summed E-state index contributed by atoms with van der Waals surface area (Å²) in [5.41, 5.74) is 0. The maximum absolute atomic E-state index is 12.5. The van der Waals surface area contributed by atoms with Crippen molar-refractivity contribution in [2.24, 2.45) is 11.8 Å². The third-order valence-electron chi connectivity index (χ3n) is 4.78. The Morgan fingerprint density at radius 1 is 1.16 bits per heavy atom. The number of sulfonamides is 1. The molecule has 5 heteroatoms. The van der Waals surface area contributed by atoms with Crippen LogP contribution in [0.15, 0.2) is 0 Å². The highest BCUT2D eigenvalue weighted by atomic mass is 32.2. The summed E-state index contributed by atoms with van der Waals surface area (Å²) >= 11 is 0. The molecule has 1 aliphatic heterocycles. The quantitative estimate of drug-likeness (QED) is 0.858. The first kappa shape index (κ1) is 15.3. The third-order valence-corrected chi connectivity index (χ3v) is 6.85. The second-order valence-electron chi connectivity index (χ2n) is 6.42. The number of nitrogens with zero attached hydrogens (tertiary/aromatic N) is 1. The molecule has 0 amide bonds. The predicted octanol–water partition coefficient (Wildman–Crippen LogP) is 1.83. The van der Waals surface area contributed by atoms with Gasteiger partial charge in [0.05, 0.1) is 5.75 Å². The summed E-state index contributed by atoms with van der Waals surface area (Å²) in [6.07, 6.45) is 6.53. The van der Waals surface area contributed by atoms with Gasteiger partial charge < -0.3 is 5.32 Å². The van der Waals surface area contributed by atoms with Crippen LogP contribution in [0.3, 0.4) is 0 Å². The molecule has 4 nitrogen and oxygen atoms in total. The molecule has 1 heterocycles. The van der Waals surface area contributed by atoms with Crippen molar-refractivity contribution in [3.63, 3.8) is 0 Å². The van der Waals surface area contributed by atoms with Crippen molar-refractivity contribution in [2.75, 3.05) is 25.9 Å². The van der Waals surface area contributed by atoms with Crippen LogP contribution in [-0.2, 0) is 10.0 Å². The highest BCUT2D eigenvalue weighted by Crippen LogP contribution is 2.28. The fourth-order valence-electron chi connectivity index (χ4n) is 3.31. The van der Waals surface area contributed by atoms with Crippen LogP contribution in [0.1, 0.15) is 45.4 Å². The Hall–Kier alpha value is -0.130. The molecule has 1 aliphatic carbocycles. The molecule has 0 aromatic carbocycles. The van der Waals surface area contributed by atoms with Gasteiger partial charge in [0.25, 0.3) is 0 Å². The zero-order valence-electron chi connectivity index (χ0n) is 12.3. The number of nitrogens with one attached hydrogen (secondary N) is 1. The van der Waals surface area contributed by atoms with Gasteiger partial charge in [0.2, 0.25) is 10.0 Å². The predicted molar refractivity (Wildman–Crippen MR) is 78.6 cm³/mol. The molecular weight excluding hydrogens is 260 g/mol. The molecule has 19 heavy (non-hydrogen) atoms. The largest absolute Gasteiger partial charge is 0.316 e. The zero-order valence-corrected chi connectivity index (χ0v) is 13.1. The van der Waals surface area contributed by atoms with E-state index in [9.17, 15) is 8.42 Å². The summed E-state index contributed by atoms with van der Waals surface area (Å²) in [7, 11) is -1.30. The zero-order chi connectivity index (χ0) is 13.9.